The lowest BCUT2D eigenvalue weighted by Gasteiger charge is -2.55. The minimum absolute atomic E-state index is 0.0941. The number of carbonyl (C=O) groups excluding carboxylic acids is 4. The molecule has 5 aromatic carbocycles. The molecule has 0 radical (unpaired) electrons. The van der Waals surface area contributed by atoms with Crippen molar-refractivity contribution >= 4 is 35.5 Å². The van der Waals surface area contributed by atoms with Crippen LogP contribution in [0.4, 0.5) is 0 Å². The van der Waals surface area contributed by atoms with Crippen LogP contribution in [0.15, 0.2) is 150 Å². The third kappa shape index (κ3) is 10.0. The van der Waals surface area contributed by atoms with Gasteiger partial charge in [-0.2, -0.15) is 0 Å². The van der Waals surface area contributed by atoms with Gasteiger partial charge >= 0.3 is 11.9 Å². The van der Waals surface area contributed by atoms with Crippen molar-refractivity contribution in [2.24, 2.45) is 7.05 Å². The highest BCUT2D eigenvalue weighted by Crippen LogP contribution is 2.43. The Bertz CT molecular complexity index is 2680. The average molecular weight is 927 g/mol. The Morgan fingerprint density at radius 2 is 1.36 bits per heavy atom. The van der Waals surface area contributed by atoms with Crippen molar-refractivity contribution in [3.8, 4) is 17.2 Å². The summed E-state index contributed by atoms with van der Waals surface area (Å²) in [4.78, 5) is 59.1. The van der Waals surface area contributed by atoms with E-state index in [9.17, 15) is 19.2 Å². The highest BCUT2D eigenvalue weighted by Gasteiger charge is 2.68. The second kappa shape index (κ2) is 20.7. The Hall–Kier alpha value is -7.54. The molecule has 67 heavy (non-hydrogen) atoms. The molecule has 0 spiro atoms. The largest absolute Gasteiger partial charge is 0.497 e. The van der Waals surface area contributed by atoms with E-state index in [1.165, 1.54) is 23.6 Å². The lowest BCUT2D eigenvalue weighted by atomic mass is 9.92. The molecule has 0 bridgehead atoms. The van der Waals surface area contributed by atoms with Crippen molar-refractivity contribution in [3.05, 3.63) is 173 Å². The molecule has 344 valence electrons. The van der Waals surface area contributed by atoms with Gasteiger partial charge in [0.1, 0.15) is 36.2 Å². The first-order valence-electron chi connectivity index (χ1n) is 21.0. The van der Waals surface area contributed by atoms with Crippen LogP contribution in [-0.4, -0.2) is 94.5 Å². The summed E-state index contributed by atoms with van der Waals surface area (Å²) in [5.41, 5.74) is 1.29. The number of benzene rings is 5. The van der Waals surface area contributed by atoms with Crippen molar-refractivity contribution in [2.75, 3.05) is 33.7 Å². The van der Waals surface area contributed by atoms with E-state index in [0.29, 0.717) is 44.7 Å². The van der Waals surface area contributed by atoms with Gasteiger partial charge in [0, 0.05) is 19.9 Å². The molecule has 1 unspecified atom stereocenters. The number of amides is 2. The van der Waals surface area contributed by atoms with Crippen molar-refractivity contribution in [2.45, 2.75) is 42.3 Å². The zero-order valence-corrected chi connectivity index (χ0v) is 37.7. The van der Waals surface area contributed by atoms with Crippen molar-refractivity contribution in [1.82, 2.24) is 30.4 Å². The number of methoxy groups -OCH3 is 3. The molecule has 6 aromatic rings. The zero-order chi connectivity index (χ0) is 46.9. The fourth-order valence-electron chi connectivity index (χ4n) is 7.54. The first kappa shape index (κ1) is 46.0. The molecule has 3 atom stereocenters. The van der Waals surface area contributed by atoms with Gasteiger partial charge in [-0.05, 0) is 80.2 Å². The molecule has 2 aliphatic rings. The van der Waals surface area contributed by atoms with E-state index in [1.54, 1.807) is 69.8 Å². The number of rotatable bonds is 19. The van der Waals surface area contributed by atoms with Crippen molar-refractivity contribution in [3.63, 3.8) is 0 Å². The number of β-lactam (4-membered cyclic amide) rings is 1. The van der Waals surface area contributed by atoms with Crippen molar-refractivity contribution in [1.29, 1.82) is 0 Å². The summed E-state index contributed by atoms with van der Waals surface area (Å²) >= 11 is 1.22. The number of nitrogens with zero attached hydrogens (tertiary/aromatic N) is 5. The van der Waals surface area contributed by atoms with E-state index in [-0.39, 0.29) is 36.8 Å². The molecule has 2 amide bonds. The Labute approximate surface area is 389 Å². The zero-order valence-electron chi connectivity index (χ0n) is 36.9. The normalized spacial score (nSPS) is 16.9. The molecule has 2 aliphatic heterocycles. The highest BCUT2D eigenvalue weighted by atomic mass is 32.2. The Morgan fingerprint density at radius 1 is 0.776 bits per heavy atom. The van der Waals surface area contributed by atoms with Gasteiger partial charge in [-0.1, -0.05) is 109 Å². The first-order chi connectivity index (χ1) is 32.6. The summed E-state index contributed by atoms with van der Waals surface area (Å²) in [5, 5.41) is 14.7. The summed E-state index contributed by atoms with van der Waals surface area (Å²) in [7, 11) is 6.02. The Balaban J connectivity index is 1.07. The topological polar surface area (TPSA) is 192 Å². The lowest BCUT2D eigenvalue weighted by Crippen LogP contribution is -2.83. The predicted molar refractivity (Wildman–Crippen MR) is 241 cm³/mol. The van der Waals surface area contributed by atoms with Crippen LogP contribution in [0.5, 0.6) is 17.2 Å². The highest BCUT2D eigenvalue weighted by molar-refractivity contribution is 7.99. The smallest absolute Gasteiger partial charge is 0.356 e. The van der Waals surface area contributed by atoms with Gasteiger partial charge in [0.25, 0.3) is 11.6 Å². The lowest BCUT2D eigenvalue weighted by molar-refractivity contribution is -0.258. The second-order valence-electron chi connectivity index (χ2n) is 15.3. The summed E-state index contributed by atoms with van der Waals surface area (Å²) in [6.07, 6.45) is -2.22. The molecule has 3 heterocycles. The Kier molecular flexibility index (Phi) is 14.2. The van der Waals surface area contributed by atoms with Crippen LogP contribution < -0.4 is 19.5 Å². The van der Waals surface area contributed by atoms with Gasteiger partial charge in [-0.15, -0.1) is 5.10 Å². The number of aromatic nitrogens is 4. The SMILES string of the molecule is COc1ccc(COC(=O)C(C(=O)N[C@]2(OC)C(=O)N3C(C(=O)OC(c4ccccc4)c4ccccc4)=C(CSc4nnnn4C)CO[C@@H]32)c2ccc(OCc3ccc(OC)cc3)cc2)cc1. The molecule has 1 saturated heterocycles. The van der Waals surface area contributed by atoms with Gasteiger partial charge in [0.2, 0.25) is 11.1 Å². The summed E-state index contributed by atoms with van der Waals surface area (Å²) in [5.74, 6) is -3.18. The van der Waals surface area contributed by atoms with Gasteiger partial charge in [0.05, 0.1) is 20.8 Å². The molecule has 1 fully saturated rings. The van der Waals surface area contributed by atoms with Gasteiger partial charge in [0.15, 0.2) is 18.2 Å². The van der Waals surface area contributed by atoms with Crippen LogP contribution in [0, 0.1) is 0 Å². The average Bonchev–Trinajstić information content (AvgIpc) is 3.79. The predicted octanol–water partition coefficient (Wildman–Crippen LogP) is 5.67. The third-order valence-corrected chi connectivity index (χ3v) is 12.2. The molecular formula is C49H46N6O11S. The van der Waals surface area contributed by atoms with Gasteiger partial charge < -0.3 is 38.5 Å². The number of thioether (sulfide) groups is 1. The maximum Gasteiger partial charge on any atom is 0.356 e. The van der Waals surface area contributed by atoms with E-state index >= 15 is 0 Å². The number of hydrogen-bond acceptors (Lipinski definition) is 15. The maximum absolute atomic E-state index is 14.7. The van der Waals surface area contributed by atoms with E-state index in [1.807, 2.05) is 84.9 Å². The summed E-state index contributed by atoms with van der Waals surface area (Å²) < 4.78 is 42.0. The Morgan fingerprint density at radius 3 is 1.91 bits per heavy atom. The van der Waals surface area contributed by atoms with E-state index < -0.39 is 47.7 Å². The molecule has 0 aliphatic carbocycles. The van der Waals surface area contributed by atoms with Crippen LogP contribution in [0.25, 0.3) is 0 Å². The van der Waals surface area contributed by atoms with Crippen LogP contribution >= 0.6 is 11.8 Å². The fraction of sp³-hybridized carbons (Fsp3) is 0.245. The van der Waals surface area contributed by atoms with Crippen LogP contribution in [0.3, 0.4) is 0 Å². The van der Waals surface area contributed by atoms with Crippen LogP contribution in [0.1, 0.15) is 39.8 Å². The number of tetrazole rings is 1. The fourth-order valence-corrected chi connectivity index (χ4v) is 8.38. The quantitative estimate of drug-likeness (QED) is 0.0343. The van der Waals surface area contributed by atoms with Gasteiger partial charge in [-0.3, -0.25) is 19.3 Å². The number of aryl methyl sites for hydroxylation is 1. The van der Waals surface area contributed by atoms with Crippen LogP contribution in [0.2, 0.25) is 0 Å². The monoisotopic (exact) mass is 926 g/mol. The summed E-state index contributed by atoms with van der Waals surface area (Å²) in [6, 6.07) is 39.1. The number of nitrogens with one attached hydrogen (secondary N) is 1. The minimum atomic E-state index is -2.18. The standard InChI is InChI=1S/C49H46N6O11S/c1-54-48(51-52-53-54)67-30-36-29-65-47-49(62-4,46(59)55(47)41(36)45(58)66-42(34-11-7-5-8-12-34)35-13-9-6-10-14-35)50-43(56)40(44(57)64-28-32-17-23-38(61-3)24-18-32)33-19-25-39(26-20-33)63-27-31-15-21-37(60-2)22-16-31/h5-26,40,42,47H,27-30H2,1-4H3,(H,50,56)/t40?,47-,49+/m1/s1. The van der Waals surface area contributed by atoms with Crippen LogP contribution in [-0.2, 0) is 58.4 Å². The summed E-state index contributed by atoms with van der Waals surface area (Å²) in [6.45, 7) is -0.1000. The molecular weight excluding hydrogens is 881 g/mol. The number of carbonyl (C=O) groups is 4. The number of fused-ring (bicyclic) bond motifs is 1. The van der Waals surface area contributed by atoms with Crippen molar-refractivity contribution < 1.29 is 52.3 Å². The number of esters is 2. The van der Waals surface area contributed by atoms with E-state index in [2.05, 4.69) is 20.8 Å². The van der Waals surface area contributed by atoms with E-state index in [0.717, 1.165) is 10.5 Å². The maximum atomic E-state index is 14.7. The molecule has 18 heteroatoms. The minimum Gasteiger partial charge on any atom is -0.497 e. The molecule has 1 N–H and O–H groups in total. The molecule has 0 saturated carbocycles. The number of ether oxygens (including phenoxy) is 7. The number of hydrogen-bond donors (Lipinski definition) is 1. The third-order valence-electron chi connectivity index (χ3n) is 11.1. The van der Waals surface area contributed by atoms with E-state index in [4.69, 9.17) is 33.2 Å². The molecule has 8 rings (SSSR count). The first-order valence-corrected chi connectivity index (χ1v) is 22.0. The second-order valence-corrected chi connectivity index (χ2v) is 16.2. The van der Waals surface area contributed by atoms with Gasteiger partial charge in [-0.25, -0.2) is 9.48 Å². The molecule has 1 aromatic heterocycles. The molecule has 17 nitrogen and oxygen atoms in total.